The zero-order valence-electron chi connectivity index (χ0n) is 13.7. The van der Waals surface area contributed by atoms with E-state index < -0.39 is 5.60 Å². The predicted molar refractivity (Wildman–Crippen MR) is 82.6 cm³/mol. The van der Waals surface area contributed by atoms with Gasteiger partial charge >= 0.3 is 6.09 Å². The molecular weight excluding hydrogens is 272 g/mol. The number of ether oxygens (including phenoxy) is 2. The third-order valence-electron chi connectivity index (χ3n) is 2.84. The van der Waals surface area contributed by atoms with Crippen LogP contribution in [-0.4, -0.2) is 68.5 Å². The lowest BCUT2D eigenvalue weighted by Crippen LogP contribution is -2.63. The van der Waals surface area contributed by atoms with Crippen LogP contribution < -0.4 is 10.6 Å². The first kappa shape index (κ1) is 17.6. The standard InChI is InChI=1S/C14H28N4O3/c1-6-20-8-7-16-12(15-5)17-11-9-18(10-11)13(19)21-14(2,3)4/h11H,6-10H2,1-5H3,(H2,15,16,17). The third kappa shape index (κ3) is 6.66. The van der Waals surface area contributed by atoms with Gasteiger partial charge in [0.1, 0.15) is 5.60 Å². The number of nitrogens with one attached hydrogen (secondary N) is 2. The van der Waals surface area contributed by atoms with Crippen LogP contribution in [0.2, 0.25) is 0 Å². The molecule has 0 aliphatic carbocycles. The number of hydrogen-bond donors (Lipinski definition) is 2. The van der Waals surface area contributed by atoms with Crippen LogP contribution in [0.3, 0.4) is 0 Å². The van der Waals surface area contributed by atoms with Crippen molar-refractivity contribution in [1.29, 1.82) is 0 Å². The minimum atomic E-state index is -0.452. The molecule has 1 heterocycles. The highest BCUT2D eigenvalue weighted by Crippen LogP contribution is 2.14. The Bertz CT molecular complexity index is 360. The van der Waals surface area contributed by atoms with Gasteiger partial charge in [0.05, 0.1) is 12.6 Å². The van der Waals surface area contributed by atoms with Crippen LogP contribution in [0, 0.1) is 0 Å². The van der Waals surface area contributed by atoms with Gasteiger partial charge in [-0.25, -0.2) is 4.79 Å². The van der Waals surface area contributed by atoms with Crippen molar-refractivity contribution >= 4 is 12.1 Å². The van der Waals surface area contributed by atoms with E-state index in [4.69, 9.17) is 9.47 Å². The molecule has 0 saturated carbocycles. The lowest BCUT2D eigenvalue weighted by Gasteiger charge is -2.40. The Morgan fingerprint density at radius 3 is 2.57 bits per heavy atom. The first-order chi connectivity index (χ1) is 9.85. The minimum absolute atomic E-state index is 0.204. The number of aliphatic imine (C=N–C) groups is 1. The molecule has 0 radical (unpaired) electrons. The van der Waals surface area contributed by atoms with Crippen LogP contribution >= 0.6 is 0 Å². The highest BCUT2D eigenvalue weighted by Gasteiger charge is 2.34. The minimum Gasteiger partial charge on any atom is -0.444 e. The fourth-order valence-electron chi connectivity index (χ4n) is 1.82. The van der Waals surface area contributed by atoms with E-state index in [0.717, 1.165) is 5.96 Å². The van der Waals surface area contributed by atoms with Gasteiger partial charge in [-0.3, -0.25) is 4.99 Å². The number of nitrogens with zero attached hydrogens (tertiary/aromatic N) is 2. The highest BCUT2D eigenvalue weighted by atomic mass is 16.6. The monoisotopic (exact) mass is 300 g/mol. The number of amides is 1. The third-order valence-corrected chi connectivity index (χ3v) is 2.84. The lowest BCUT2D eigenvalue weighted by molar-refractivity contribution is 0.00700. The van der Waals surface area contributed by atoms with Gasteiger partial charge in [0.15, 0.2) is 5.96 Å². The largest absolute Gasteiger partial charge is 0.444 e. The van der Waals surface area contributed by atoms with Crippen LogP contribution in [0.4, 0.5) is 4.79 Å². The SMILES string of the molecule is CCOCCNC(=NC)NC1CN(C(=O)OC(C)(C)C)C1. The molecule has 7 nitrogen and oxygen atoms in total. The molecule has 1 aliphatic heterocycles. The van der Waals surface area contributed by atoms with E-state index in [2.05, 4.69) is 15.6 Å². The molecule has 1 amide bonds. The van der Waals surface area contributed by atoms with Crippen molar-refractivity contribution in [2.45, 2.75) is 39.3 Å². The molecule has 0 aromatic heterocycles. The topological polar surface area (TPSA) is 75.2 Å². The van der Waals surface area contributed by atoms with Crippen LogP contribution in [0.15, 0.2) is 4.99 Å². The predicted octanol–water partition coefficient (Wildman–Crippen LogP) is 0.807. The fraction of sp³-hybridized carbons (Fsp3) is 0.857. The van der Waals surface area contributed by atoms with E-state index in [1.54, 1.807) is 11.9 Å². The highest BCUT2D eigenvalue weighted by molar-refractivity contribution is 5.80. The van der Waals surface area contributed by atoms with Crippen LogP contribution in [0.1, 0.15) is 27.7 Å². The van der Waals surface area contributed by atoms with Crippen molar-refractivity contribution < 1.29 is 14.3 Å². The number of rotatable bonds is 5. The van der Waals surface area contributed by atoms with Gasteiger partial charge < -0.3 is 25.0 Å². The molecule has 1 fully saturated rings. The second-order valence-electron chi connectivity index (χ2n) is 5.92. The second-order valence-corrected chi connectivity index (χ2v) is 5.92. The van der Waals surface area contributed by atoms with Gasteiger partial charge in [0.25, 0.3) is 0 Å². The maximum Gasteiger partial charge on any atom is 0.410 e. The Balaban J connectivity index is 2.22. The first-order valence-corrected chi connectivity index (χ1v) is 7.38. The summed E-state index contributed by atoms with van der Waals surface area (Å²) >= 11 is 0. The van der Waals surface area contributed by atoms with E-state index >= 15 is 0 Å². The Morgan fingerprint density at radius 1 is 1.38 bits per heavy atom. The molecule has 0 spiro atoms. The van der Waals surface area contributed by atoms with Crippen molar-refractivity contribution in [1.82, 2.24) is 15.5 Å². The first-order valence-electron chi connectivity index (χ1n) is 7.38. The van der Waals surface area contributed by atoms with Gasteiger partial charge in [0.2, 0.25) is 0 Å². The van der Waals surface area contributed by atoms with Gasteiger partial charge in [-0.05, 0) is 27.7 Å². The Kier molecular flexibility index (Phi) is 6.74. The summed E-state index contributed by atoms with van der Waals surface area (Å²) in [6.07, 6.45) is -0.264. The summed E-state index contributed by atoms with van der Waals surface area (Å²) in [6.45, 7) is 10.9. The van der Waals surface area contributed by atoms with Gasteiger partial charge in [-0.2, -0.15) is 0 Å². The average Bonchev–Trinajstić information content (AvgIpc) is 2.33. The Hall–Kier alpha value is -1.50. The molecule has 7 heteroatoms. The fourth-order valence-corrected chi connectivity index (χ4v) is 1.82. The number of likely N-dealkylation sites (tertiary alicyclic amines) is 1. The molecule has 0 unspecified atom stereocenters. The Labute approximate surface area is 127 Å². The maximum atomic E-state index is 11.8. The molecule has 1 rings (SSSR count). The molecule has 0 bridgehead atoms. The molecule has 1 saturated heterocycles. The smallest absolute Gasteiger partial charge is 0.410 e. The van der Waals surface area contributed by atoms with Crippen LogP contribution in [0.25, 0.3) is 0 Å². The normalized spacial score (nSPS) is 16.4. The summed E-state index contributed by atoms with van der Waals surface area (Å²) in [7, 11) is 1.72. The lowest BCUT2D eigenvalue weighted by atomic mass is 10.1. The maximum absolute atomic E-state index is 11.8. The molecule has 2 N–H and O–H groups in total. The molecule has 21 heavy (non-hydrogen) atoms. The van der Waals surface area contributed by atoms with Crippen LogP contribution in [0.5, 0.6) is 0 Å². The zero-order valence-corrected chi connectivity index (χ0v) is 13.7. The summed E-state index contributed by atoms with van der Waals surface area (Å²) < 4.78 is 10.6. The summed E-state index contributed by atoms with van der Waals surface area (Å²) in [5.41, 5.74) is -0.452. The van der Waals surface area contributed by atoms with E-state index in [1.807, 2.05) is 27.7 Å². The van der Waals surface area contributed by atoms with Gasteiger partial charge in [0, 0.05) is 33.3 Å². The number of guanidine groups is 1. The van der Waals surface area contributed by atoms with Crippen molar-refractivity contribution in [2.75, 3.05) is 39.9 Å². The molecule has 0 atom stereocenters. The summed E-state index contributed by atoms with van der Waals surface area (Å²) in [6, 6.07) is 0.204. The second kappa shape index (κ2) is 8.07. The van der Waals surface area contributed by atoms with E-state index in [-0.39, 0.29) is 12.1 Å². The summed E-state index contributed by atoms with van der Waals surface area (Å²) in [4.78, 5) is 17.6. The number of hydrogen-bond acceptors (Lipinski definition) is 4. The molecule has 0 aromatic carbocycles. The summed E-state index contributed by atoms with van der Waals surface area (Å²) in [5, 5.41) is 6.43. The number of carbonyl (C=O) groups excluding carboxylic acids is 1. The number of carbonyl (C=O) groups is 1. The van der Waals surface area contributed by atoms with Crippen molar-refractivity contribution in [2.24, 2.45) is 4.99 Å². The molecule has 1 aliphatic rings. The Morgan fingerprint density at radius 2 is 2.05 bits per heavy atom. The molecular formula is C14H28N4O3. The zero-order chi connectivity index (χ0) is 15.9. The van der Waals surface area contributed by atoms with Gasteiger partial charge in [-0.15, -0.1) is 0 Å². The molecule has 0 aromatic rings. The van der Waals surface area contributed by atoms with Crippen molar-refractivity contribution in [3.05, 3.63) is 0 Å². The van der Waals surface area contributed by atoms with E-state index in [1.165, 1.54) is 0 Å². The van der Waals surface area contributed by atoms with E-state index in [0.29, 0.717) is 32.8 Å². The quantitative estimate of drug-likeness (QED) is 0.446. The molecule has 122 valence electrons. The van der Waals surface area contributed by atoms with Crippen molar-refractivity contribution in [3.8, 4) is 0 Å². The van der Waals surface area contributed by atoms with E-state index in [9.17, 15) is 4.79 Å². The van der Waals surface area contributed by atoms with Gasteiger partial charge in [-0.1, -0.05) is 0 Å². The average molecular weight is 300 g/mol. The van der Waals surface area contributed by atoms with Crippen molar-refractivity contribution in [3.63, 3.8) is 0 Å². The summed E-state index contributed by atoms with van der Waals surface area (Å²) in [5.74, 6) is 0.726. The van der Waals surface area contributed by atoms with Crippen LogP contribution in [-0.2, 0) is 9.47 Å².